The van der Waals surface area contributed by atoms with Gasteiger partial charge in [-0.25, -0.2) is 0 Å². The topological polar surface area (TPSA) is 21.8 Å². The number of ether oxygens (including phenoxy) is 1. The second-order valence-corrected chi connectivity index (χ2v) is 10.2. The van der Waals surface area contributed by atoms with Gasteiger partial charge in [0.05, 0.1) is 12.7 Å². The van der Waals surface area contributed by atoms with Gasteiger partial charge in [0.1, 0.15) is 6.10 Å². The SMILES string of the molecule is CC[Si](CC)(CC)O[C@H](/C=C/c1ccccc1)[C@@H]1CO1. The number of rotatable bonds is 8. The van der Waals surface area contributed by atoms with Crippen molar-refractivity contribution in [2.45, 2.75) is 51.1 Å². The van der Waals surface area contributed by atoms with Crippen molar-refractivity contribution < 1.29 is 9.16 Å². The quantitative estimate of drug-likeness (QED) is 0.520. The molecule has 0 saturated carbocycles. The first kappa shape index (κ1) is 15.5. The van der Waals surface area contributed by atoms with Gasteiger partial charge >= 0.3 is 0 Å². The van der Waals surface area contributed by atoms with Crippen molar-refractivity contribution >= 4 is 14.4 Å². The van der Waals surface area contributed by atoms with E-state index in [9.17, 15) is 0 Å². The van der Waals surface area contributed by atoms with Crippen LogP contribution in [0.1, 0.15) is 26.3 Å². The molecule has 0 aromatic heterocycles. The van der Waals surface area contributed by atoms with Crippen molar-refractivity contribution in [3.05, 3.63) is 42.0 Å². The van der Waals surface area contributed by atoms with E-state index in [4.69, 9.17) is 9.16 Å². The van der Waals surface area contributed by atoms with Crippen molar-refractivity contribution in [3.63, 3.8) is 0 Å². The summed E-state index contributed by atoms with van der Waals surface area (Å²) in [5, 5.41) is 0. The summed E-state index contributed by atoms with van der Waals surface area (Å²) in [5.74, 6) is 0. The van der Waals surface area contributed by atoms with E-state index in [1.54, 1.807) is 0 Å². The highest BCUT2D eigenvalue weighted by Crippen LogP contribution is 2.29. The largest absolute Gasteiger partial charge is 0.408 e. The van der Waals surface area contributed by atoms with Crippen LogP contribution in [0.4, 0.5) is 0 Å². The van der Waals surface area contributed by atoms with Crippen LogP contribution in [0.3, 0.4) is 0 Å². The van der Waals surface area contributed by atoms with Gasteiger partial charge in [0, 0.05) is 0 Å². The Kier molecular flexibility index (Phi) is 5.58. The highest BCUT2D eigenvalue weighted by Gasteiger charge is 2.38. The Morgan fingerprint density at radius 2 is 1.80 bits per heavy atom. The first-order valence-electron chi connectivity index (χ1n) is 7.75. The molecule has 0 bridgehead atoms. The fourth-order valence-corrected chi connectivity index (χ4v) is 5.35. The number of hydrogen-bond donors (Lipinski definition) is 0. The van der Waals surface area contributed by atoms with E-state index in [2.05, 4.69) is 57.2 Å². The van der Waals surface area contributed by atoms with Gasteiger partial charge in [0.2, 0.25) is 0 Å². The minimum absolute atomic E-state index is 0.127. The molecule has 3 heteroatoms. The number of benzene rings is 1. The molecule has 0 N–H and O–H groups in total. The average Bonchev–Trinajstić information content (AvgIpc) is 3.34. The molecule has 1 aliphatic heterocycles. The third kappa shape index (κ3) is 4.04. The molecule has 1 saturated heterocycles. The van der Waals surface area contributed by atoms with Gasteiger partial charge in [-0.3, -0.25) is 0 Å². The summed E-state index contributed by atoms with van der Waals surface area (Å²) >= 11 is 0. The Morgan fingerprint density at radius 1 is 1.20 bits per heavy atom. The Morgan fingerprint density at radius 3 is 2.30 bits per heavy atom. The molecule has 2 rings (SSSR count). The van der Waals surface area contributed by atoms with Gasteiger partial charge < -0.3 is 9.16 Å². The van der Waals surface area contributed by atoms with Crippen LogP contribution in [-0.4, -0.2) is 27.1 Å². The minimum atomic E-state index is -1.57. The molecule has 1 fully saturated rings. The van der Waals surface area contributed by atoms with Crippen LogP contribution in [0.15, 0.2) is 36.4 Å². The van der Waals surface area contributed by atoms with Gasteiger partial charge in [-0.05, 0) is 23.7 Å². The summed E-state index contributed by atoms with van der Waals surface area (Å²) in [6.07, 6.45) is 4.75. The van der Waals surface area contributed by atoms with E-state index >= 15 is 0 Å². The minimum Gasteiger partial charge on any atom is -0.408 e. The van der Waals surface area contributed by atoms with E-state index in [0.29, 0.717) is 0 Å². The highest BCUT2D eigenvalue weighted by molar-refractivity contribution is 6.73. The van der Waals surface area contributed by atoms with Crippen LogP contribution in [0.25, 0.3) is 6.08 Å². The first-order valence-corrected chi connectivity index (χ1v) is 10.3. The molecule has 1 aromatic rings. The zero-order valence-corrected chi connectivity index (χ0v) is 13.8. The third-order valence-electron chi connectivity index (χ3n) is 4.32. The summed E-state index contributed by atoms with van der Waals surface area (Å²) in [6, 6.07) is 13.9. The summed E-state index contributed by atoms with van der Waals surface area (Å²) in [6.45, 7) is 7.65. The predicted octanol–water partition coefficient (Wildman–Crippen LogP) is 4.49. The lowest BCUT2D eigenvalue weighted by Crippen LogP contribution is -2.41. The molecule has 0 unspecified atom stereocenters. The van der Waals surface area contributed by atoms with Gasteiger partial charge in [-0.2, -0.15) is 0 Å². The normalized spacial score (nSPS) is 20.2. The van der Waals surface area contributed by atoms with Gasteiger partial charge in [0.15, 0.2) is 8.32 Å². The van der Waals surface area contributed by atoms with E-state index in [1.165, 1.54) is 23.7 Å². The fourth-order valence-electron chi connectivity index (χ4n) is 2.54. The van der Waals surface area contributed by atoms with Crippen molar-refractivity contribution in [2.75, 3.05) is 6.61 Å². The van der Waals surface area contributed by atoms with E-state index in [0.717, 1.165) is 6.61 Å². The summed E-state index contributed by atoms with van der Waals surface area (Å²) in [4.78, 5) is 0. The summed E-state index contributed by atoms with van der Waals surface area (Å²) < 4.78 is 12.0. The molecule has 0 spiro atoms. The number of epoxide rings is 1. The first-order chi connectivity index (χ1) is 9.73. The molecule has 1 aliphatic rings. The highest BCUT2D eigenvalue weighted by atomic mass is 28.4. The third-order valence-corrected chi connectivity index (χ3v) is 8.96. The molecule has 1 heterocycles. The van der Waals surface area contributed by atoms with Gasteiger partial charge in [-0.1, -0.05) is 63.3 Å². The van der Waals surface area contributed by atoms with Crippen molar-refractivity contribution in [2.24, 2.45) is 0 Å². The lowest BCUT2D eigenvalue weighted by molar-refractivity contribution is 0.188. The molecule has 110 valence electrons. The zero-order chi connectivity index (χ0) is 14.4. The molecular weight excluding hydrogens is 264 g/mol. The predicted molar refractivity (Wildman–Crippen MR) is 87.3 cm³/mol. The Bertz CT molecular complexity index is 414. The summed E-state index contributed by atoms with van der Waals surface area (Å²) in [7, 11) is -1.57. The molecule has 0 radical (unpaired) electrons. The van der Waals surface area contributed by atoms with E-state index in [1.807, 2.05) is 6.07 Å². The number of hydrogen-bond acceptors (Lipinski definition) is 2. The lowest BCUT2D eigenvalue weighted by Gasteiger charge is -2.31. The van der Waals surface area contributed by atoms with Gasteiger partial charge in [0.25, 0.3) is 0 Å². The van der Waals surface area contributed by atoms with Crippen LogP contribution >= 0.6 is 0 Å². The maximum atomic E-state index is 6.56. The average molecular weight is 290 g/mol. The maximum absolute atomic E-state index is 6.56. The molecular formula is C17H26O2Si. The van der Waals surface area contributed by atoms with Crippen molar-refractivity contribution in [1.29, 1.82) is 0 Å². The smallest absolute Gasteiger partial charge is 0.193 e. The second kappa shape index (κ2) is 7.20. The van der Waals surface area contributed by atoms with Crippen molar-refractivity contribution in [1.82, 2.24) is 0 Å². The van der Waals surface area contributed by atoms with Crippen molar-refractivity contribution in [3.8, 4) is 0 Å². The molecule has 2 atom stereocenters. The monoisotopic (exact) mass is 290 g/mol. The Hall–Kier alpha value is -0.903. The fraction of sp³-hybridized carbons (Fsp3) is 0.529. The molecule has 0 amide bonds. The summed E-state index contributed by atoms with van der Waals surface area (Å²) in [5.41, 5.74) is 1.22. The van der Waals surface area contributed by atoms with Crippen LogP contribution in [-0.2, 0) is 9.16 Å². The molecule has 0 aliphatic carbocycles. The Balaban J connectivity index is 2.06. The maximum Gasteiger partial charge on any atom is 0.193 e. The van der Waals surface area contributed by atoms with Crippen LogP contribution in [0.2, 0.25) is 18.1 Å². The zero-order valence-electron chi connectivity index (χ0n) is 12.8. The van der Waals surface area contributed by atoms with E-state index < -0.39 is 8.32 Å². The van der Waals surface area contributed by atoms with Crippen LogP contribution < -0.4 is 0 Å². The van der Waals surface area contributed by atoms with Crippen LogP contribution in [0.5, 0.6) is 0 Å². The van der Waals surface area contributed by atoms with Gasteiger partial charge in [-0.15, -0.1) is 0 Å². The second-order valence-electron chi connectivity index (χ2n) is 5.47. The Labute approximate surface area is 123 Å². The lowest BCUT2D eigenvalue weighted by atomic mass is 10.1. The standard InChI is InChI=1S/C17H26O2Si/c1-4-20(5-2,6-3)19-16(17-14-18-17)13-12-15-10-8-7-9-11-15/h7-13,16-17H,4-6,14H2,1-3H3/b13-12+/t16-,17+/m1/s1. The van der Waals surface area contributed by atoms with E-state index in [-0.39, 0.29) is 12.2 Å². The molecule has 2 nitrogen and oxygen atoms in total. The molecule has 20 heavy (non-hydrogen) atoms. The molecule has 1 aromatic carbocycles. The van der Waals surface area contributed by atoms with Crippen LogP contribution in [0, 0.1) is 0 Å².